The number of rotatable bonds is 5. The Morgan fingerprint density at radius 1 is 1.25 bits per heavy atom. The SMILES string of the molecule is CN(C)C(=O)c1ccc(CNC[C@@H]2[C@H]3CCc4ccccc4[C@@H]32)[nH]1. The van der Waals surface area contributed by atoms with E-state index < -0.39 is 0 Å². The van der Waals surface area contributed by atoms with Crippen LogP contribution in [-0.4, -0.2) is 36.4 Å². The number of H-pyrrole nitrogens is 1. The fraction of sp³-hybridized carbons (Fsp3) is 0.450. The summed E-state index contributed by atoms with van der Waals surface area (Å²) in [5, 5.41) is 3.58. The zero-order chi connectivity index (χ0) is 16.7. The molecule has 24 heavy (non-hydrogen) atoms. The highest BCUT2D eigenvalue weighted by Crippen LogP contribution is 2.59. The molecule has 1 amide bonds. The molecule has 4 rings (SSSR count). The summed E-state index contributed by atoms with van der Waals surface area (Å²) in [6.07, 6.45) is 2.57. The molecule has 0 unspecified atom stereocenters. The highest BCUT2D eigenvalue weighted by molar-refractivity contribution is 5.92. The van der Waals surface area contributed by atoms with Gasteiger partial charge >= 0.3 is 0 Å². The van der Waals surface area contributed by atoms with Crippen LogP contribution in [0.25, 0.3) is 0 Å². The summed E-state index contributed by atoms with van der Waals surface area (Å²) >= 11 is 0. The third-order valence-corrected chi connectivity index (χ3v) is 5.57. The Labute approximate surface area is 143 Å². The lowest BCUT2D eigenvalue weighted by Crippen LogP contribution is -2.22. The van der Waals surface area contributed by atoms with Crippen LogP contribution in [0.15, 0.2) is 36.4 Å². The van der Waals surface area contributed by atoms with Gasteiger partial charge in [0.25, 0.3) is 5.91 Å². The number of nitrogens with one attached hydrogen (secondary N) is 2. The van der Waals surface area contributed by atoms with Gasteiger partial charge in [-0.3, -0.25) is 4.79 Å². The Bertz CT molecular complexity index is 749. The third kappa shape index (κ3) is 2.75. The Kier molecular flexibility index (Phi) is 3.93. The second kappa shape index (κ2) is 6.10. The van der Waals surface area contributed by atoms with Crippen LogP contribution in [0.2, 0.25) is 0 Å². The van der Waals surface area contributed by atoms with Gasteiger partial charge in [0.05, 0.1) is 0 Å². The highest BCUT2D eigenvalue weighted by Gasteiger charge is 2.52. The number of hydrogen-bond donors (Lipinski definition) is 2. The number of aromatic nitrogens is 1. The molecule has 1 saturated carbocycles. The van der Waals surface area contributed by atoms with Gasteiger partial charge in [-0.1, -0.05) is 24.3 Å². The topological polar surface area (TPSA) is 48.1 Å². The molecule has 1 heterocycles. The number of hydrogen-bond acceptors (Lipinski definition) is 2. The highest BCUT2D eigenvalue weighted by atomic mass is 16.2. The molecule has 0 spiro atoms. The molecule has 1 fully saturated rings. The maximum atomic E-state index is 11.9. The average molecular weight is 323 g/mol. The lowest BCUT2D eigenvalue weighted by Gasteiger charge is -2.13. The third-order valence-electron chi connectivity index (χ3n) is 5.57. The van der Waals surface area contributed by atoms with Crippen LogP contribution in [-0.2, 0) is 13.0 Å². The fourth-order valence-corrected chi connectivity index (χ4v) is 4.27. The standard InChI is InChI=1S/C20H25N3O/c1-23(2)20(24)18-10-8-14(22-18)11-21-12-17-16-9-7-13-5-3-4-6-15(13)19(16)17/h3-6,8,10,16-17,19,21-22H,7,9,11-12H2,1-2H3/t16-,17-,19+/m1/s1. The molecule has 2 aliphatic carbocycles. The second-order valence-corrected chi connectivity index (χ2v) is 7.32. The number of fused-ring (bicyclic) bond motifs is 3. The first-order valence-electron chi connectivity index (χ1n) is 8.83. The average Bonchev–Trinajstić information content (AvgIpc) is 3.10. The summed E-state index contributed by atoms with van der Waals surface area (Å²) in [7, 11) is 3.54. The Morgan fingerprint density at radius 3 is 2.92 bits per heavy atom. The molecular weight excluding hydrogens is 298 g/mol. The molecule has 4 heteroatoms. The summed E-state index contributed by atoms with van der Waals surface area (Å²) in [5.74, 6) is 2.41. The van der Waals surface area contributed by atoms with E-state index in [1.165, 1.54) is 12.8 Å². The second-order valence-electron chi connectivity index (χ2n) is 7.32. The number of amides is 1. The van der Waals surface area contributed by atoms with Crippen LogP contribution in [0.5, 0.6) is 0 Å². The Morgan fingerprint density at radius 2 is 2.08 bits per heavy atom. The van der Waals surface area contributed by atoms with Crippen LogP contribution in [0, 0.1) is 11.8 Å². The van der Waals surface area contributed by atoms with Gasteiger partial charge < -0.3 is 15.2 Å². The van der Waals surface area contributed by atoms with E-state index in [4.69, 9.17) is 0 Å². The quantitative estimate of drug-likeness (QED) is 0.889. The predicted octanol–water partition coefficient (Wildman–Crippen LogP) is 2.78. The smallest absolute Gasteiger partial charge is 0.269 e. The van der Waals surface area contributed by atoms with Crippen LogP contribution in [0.1, 0.15) is 39.6 Å². The number of carbonyl (C=O) groups is 1. The van der Waals surface area contributed by atoms with Crippen molar-refractivity contribution in [3.8, 4) is 0 Å². The van der Waals surface area contributed by atoms with Gasteiger partial charge in [0.2, 0.25) is 0 Å². The van der Waals surface area contributed by atoms with E-state index in [-0.39, 0.29) is 5.91 Å². The Hall–Kier alpha value is -2.07. The first-order chi connectivity index (χ1) is 11.6. The number of aryl methyl sites for hydroxylation is 1. The maximum absolute atomic E-state index is 11.9. The molecule has 1 aromatic carbocycles. The van der Waals surface area contributed by atoms with Crippen molar-refractivity contribution in [2.45, 2.75) is 25.3 Å². The van der Waals surface area contributed by atoms with Gasteiger partial charge in [0.15, 0.2) is 0 Å². The summed E-state index contributed by atoms with van der Waals surface area (Å²) in [6.45, 7) is 1.85. The Balaban J connectivity index is 1.31. The number of benzene rings is 1. The molecule has 3 atom stereocenters. The lowest BCUT2D eigenvalue weighted by molar-refractivity contribution is 0.0822. The van der Waals surface area contributed by atoms with Crippen molar-refractivity contribution in [3.63, 3.8) is 0 Å². The summed E-state index contributed by atoms with van der Waals surface area (Å²) < 4.78 is 0. The van der Waals surface area contributed by atoms with E-state index >= 15 is 0 Å². The van der Waals surface area contributed by atoms with Crippen molar-refractivity contribution in [2.75, 3.05) is 20.6 Å². The molecule has 2 aliphatic rings. The van der Waals surface area contributed by atoms with Crippen molar-refractivity contribution in [2.24, 2.45) is 11.8 Å². The van der Waals surface area contributed by atoms with Crippen LogP contribution in [0.3, 0.4) is 0 Å². The molecule has 0 saturated heterocycles. The first kappa shape index (κ1) is 15.5. The largest absolute Gasteiger partial charge is 0.353 e. The van der Waals surface area contributed by atoms with Crippen molar-refractivity contribution in [1.29, 1.82) is 0 Å². The minimum Gasteiger partial charge on any atom is -0.353 e. The molecule has 0 bridgehead atoms. The zero-order valence-electron chi connectivity index (χ0n) is 14.4. The molecular formula is C20H25N3O. The molecule has 2 aromatic rings. The van der Waals surface area contributed by atoms with E-state index in [0.717, 1.165) is 36.5 Å². The molecule has 1 aromatic heterocycles. The van der Waals surface area contributed by atoms with Gasteiger partial charge in [0.1, 0.15) is 5.69 Å². The monoisotopic (exact) mass is 323 g/mol. The minimum atomic E-state index is 0.0195. The number of aromatic amines is 1. The van der Waals surface area contributed by atoms with E-state index in [2.05, 4.69) is 34.6 Å². The molecule has 2 N–H and O–H groups in total. The van der Waals surface area contributed by atoms with E-state index in [1.54, 1.807) is 30.1 Å². The molecule has 0 radical (unpaired) electrons. The van der Waals surface area contributed by atoms with Crippen LogP contribution in [0.4, 0.5) is 0 Å². The van der Waals surface area contributed by atoms with Gasteiger partial charge in [-0.15, -0.1) is 0 Å². The lowest BCUT2D eigenvalue weighted by atomic mass is 9.92. The van der Waals surface area contributed by atoms with Crippen molar-refractivity contribution in [1.82, 2.24) is 15.2 Å². The molecule has 0 aliphatic heterocycles. The summed E-state index contributed by atoms with van der Waals surface area (Å²) in [6, 6.07) is 12.8. The van der Waals surface area contributed by atoms with E-state index in [1.807, 2.05) is 12.1 Å². The van der Waals surface area contributed by atoms with Crippen LogP contribution >= 0.6 is 0 Å². The van der Waals surface area contributed by atoms with Gasteiger partial charge in [-0.05, 0) is 60.4 Å². The van der Waals surface area contributed by atoms with Crippen molar-refractivity contribution >= 4 is 5.91 Å². The summed E-state index contributed by atoms with van der Waals surface area (Å²) in [4.78, 5) is 16.7. The zero-order valence-corrected chi connectivity index (χ0v) is 14.4. The van der Waals surface area contributed by atoms with Crippen LogP contribution < -0.4 is 5.32 Å². The number of carbonyl (C=O) groups excluding carboxylic acids is 1. The predicted molar refractivity (Wildman–Crippen MR) is 95.0 cm³/mol. The molecule has 126 valence electrons. The normalized spacial score (nSPS) is 24.2. The van der Waals surface area contributed by atoms with E-state index in [9.17, 15) is 4.79 Å². The van der Waals surface area contributed by atoms with Crippen molar-refractivity contribution < 1.29 is 4.79 Å². The first-order valence-corrected chi connectivity index (χ1v) is 8.83. The van der Waals surface area contributed by atoms with Gasteiger partial charge in [-0.2, -0.15) is 0 Å². The number of nitrogens with zero attached hydrogens (tertiary/aromatic N) is 1. The van der Waals surface area contributed by atoms with Gasteiger partial charge in [-0.25, -0.2) is 0 Å². The van der Waals surface area contributed by atoms with Crippen molar-refractivity contribution in [3.05, 3.63) is 58.9 Å². The van der Waals surface area contributed by atoms with E-state index in [0.29, 0.717) is 5.69 Å². The summed E-state index contributed by atoms with van der Waals surface area (Å²) in [5.41, 5.74) is 4.87. The van der Waals surface area contributed by atoms with Gasteiger partial charge in [0, 0.05) is 26.3 Å². The fourth-order valence-electron chi connectivity index (χ4n) is 4.27. The molecule has 4 nitrogen and oxygen atoms in total. The minimum absolute atomic E-state index is 0.0195. The maximum Gasteiger partial charge on any atom is 0.269 e.